The molecule has 0 aromatic heterocycles. The summed E-state index contributed by atoms with van der Waals surface area (Å²) in [5.41, 5.74) is -0.883. The zero-order valence-electron chi connectivity index (χ0n) is 10.3. The number of nitrogens with zero attached hydrogens (tertiary/aromatic N) is 1. The van der Waals surface area contributed by atoms with Crippen LogP contribution in [0.3, 0.4) is 0 Å². The first-order valence-corrected chi connectivity index (χ1v) is 5.66. The Kier molecular flexibility index (Phi) is 4.70. The van der Waals surface area contributed by atoms with Crippen molar-refractivity contribution >= 4 is 5.97 Å². The highest BCUT2D eigenvalue weighted by Crippen LogP contribution is 2.16. The highest BCUT2D eigenvalue weighted by molar-refractivity contribution is 5.78. The third-order valence-electron chi connectivity index (χ3n) is 3.19. The molecule has 2 atom stereocenters. The number of likely N-dealkylation sites (N-methyl/N-ethyl adjacent to an activating group) is 1. The molecule has 0 radical (unpaired) electrons. The van der Waals surface area contributed by atoms with Crippen LogP contribution in [0.1, 0.15) is 19.8 Å². The van der Waals surface area contributed by atoms with Crippen LogP contribution in [0.15, 0.2) is 0 Å². The number of likely N-dealkylation sites (tertiary alicyclic amines) is 1. The maximum Gasteiger partial charge on any atom is 0.323 e. The van der Waals surface area contributed by atoms with E-state index in [1.165, 1.54) is 0 Å². The Hall–Kier alpha value is -0.650. The summed E-state index contributed by atoms with van der Waals surface area (Å²) >= 11 is 0. The summed E-state index contributed by atoms with van der Waals surface area (Å²) in [7, 11) is 3.64. The maximum absolute atomic E-state index is 11.3. The number of carboxylic acid groups (broad SMARTS) is 1. The van der Waals surface area contributed by atoms with E-state index in [1.54, 1.807) is 14.0 Å². The monoisotopic (exact) mass is 230 g/mol. The molecule has 0 aromatic rings. The Morgan fingerprint density at radius 3 is 2.81 bits per heavy atom. The van der Waals surface area contributed by atoms with Crippen LogP contribution in [-0.2, 0) is 9.53 Å². The Morgan fingerprint density at radius 2 is 2.38 bits per heavy atom. The molecule has 5 nitrogen and oxygen atoms in total. The van der Waals surface area contributed by atoms with Gasteiger partial charge in [-0.15, -0.1) is 0 Å². The molecule has 0 spiro atoms. The molecule has 0 aromatic carbocycles. The Bertz CT molecular complexity index is 247. The van der Waals surface area contributed by atoms with Gasteiger partial charge in [0.15, 0.2) is 0 Å². The van der Waals surface area contributed by atoms with Gasteiger partial charge in [0.1, 0.15) is 5.54 Å². The first-order valence-electron chi connectivity index (χ1n) is 5.66. The molecule has 1 heterocycles. The lowest BCUT2D eigenvalue weighted by atomic mass is 9.97. The summed E-state index contributed by atoms with van der Waals surface area (Å²) in [6.45, 7) is 4.12. The molecule has 1 aliphatic rings. The second-order valence-corrected chi connectivity index (χ2v) is 4.77. The maximum atomic E-state index is 11.3. The molecular formula is C11H22N2O3. The molecule has 16 heavy (non-hydrogen) atoms. The summed E-state index contributed by atoms with van der Waals surface area (Å²) in [5.74, 6) is -0.806. The number of ether oxygens (including phenoxy) is 1. The van der Waals surface area contributed by atoms with E-state index in [9.17, 15) is 9.90 Å². The van der Waals surface area contributed by atoms with E-state index < -0.39 is 11.5 Å². The first-order chi connectivity index (χ1) is 7.48. The van der Waals surface area contributed by atoms with Gasteiger partial charge in [0.2, 0.25) is 0 Å². The molecule has 2 unspecified atom stereocenters. The Morgan fingerprint density at radius 1 is 1.69 bits per heavy atom. The molecule has 0 saturated carbocycles. The molecule has 94 valence electrons. The number of hydrogen-bond acceptors (Lipinski definition) is 4. The summed E-state index contributed by atoms with van der Waals surface area (Å²) in [5, 5.41) is 12.5. The fourth-order valence-corrected chi connectivity index (χ4v) is 2.05. The highest BCUT2D eigenvalue weighted by Gasteiger charge is 2.36. The quantitative estimate of drug-likeness (QED) is 0.680. The number of aliphatic carboxylic acids is 1. The van der Waals surface area contributed by atoms with E-state index in [2.05, 4.69) is 17.3 Å². The zero-order valence-corrected chi connectivity index (χ0v) is 10.3. The smallest absolute Gasteiger partial charge is 0.323 e. The molecule has 0 aliphatic carbocycles. The van der Waals surface area contributed by atoms with E-state index in [0.717, 1.165) is 19.5 Å². The topological polar surface area (TPSA) is 61.8 Å². The van der Waals surface area contributed by atoms with Crippen molar-refractivity contribution in [1.29, 1.82) is 0 Å². The van der Waals surface area contributed by atoms with Crippen molar-refractivity contribution in [3.63, 3.8) is 0 Å². The van der Waals surface area contributed by atoms with Crippen molar-refractivity contribution in [2.75, 3.05) is 33.9 Å². The lowest BCUT2D eigenvalue weighted by Gasteiger charge is -2.29. The van der Waals surface area contributed by atoms with Gasteiger partial charge < -0.3 is 14.7 Å². The van der Waals surface area contributed by atoms with Gasteiger partial charge in [0.25, 0.3) is 0 Å². The molecule has 2 N–H and O–H groups in total. The van der Waals surface area contributed by atoms with Crippen LogP contribution < -0.4 is 5.32 Å². The van der Waals surface area contributed by atoms with Crippen molar-refractivity contribution in [2.45, 2.75) is 31.3 Å². The predicted octanol–water partition coefficient (Wildman–Crippen LogP) is 0.160. The largest absolute Gasteiger partial charge is 0.480 e. The molecule has 1 saturated heterocycles. The van der Waals surface area contributed by atoms with E-state index in [4.69, 9.17) is 4.74 Å². The van der Waals surface area contributed by atoms with Gasteiger partial charge in [-0.2, -0.15) is 0 Å². The second kappa shape index (κ2) is 5.61. The van der Waals surface area contributed by atoms with E-state index in [0.29, 0.717) is 13.0 Å². The van der Waals surface area contributed by atoms with Crippen LogP contribution in [0.2, 0.25) is 0 Å². The summed E-state index contributed by atoms with van der Waals surface area (Å²) in [6.07, 6.45) is 1.49. The highest BCUT2D eigenvalue weighted by atomic mass is 16.5. The Labute approximate surface area is 96.8 Å². The number of carbonyl (C=O) groups is 1. The van der Waals surface area contributed by atoms with Crippen LogP contribution in [0.5, 0.6) is 0 Å². The number of hydrogen-bond donors (Lipinski definition) is 2. The van der Waals surface area contributed by atoms with Gasteiger partial charge >= 0.3 is 5.97 Å². The lowest BCUT2D eigenvalue weighted by molar-refractivity contribution is -0.145. The first kappa shape index (κ1) is 13.4. The minimum atomic E-state index is -0.883. The minimum Gasteiger partial charge on any atom is -0.480 e. The normalized spacial score (nSPS) is 25.6. The molecule has 0 bridgehead atoms. The van der Waals surface area contributed by atoms with Gasteiger partial charge in [-0.1, -0.05) is 0 Å². The van der Waals surface area contributed by atoms with Crippen LogP contribution in [0, 0.1) is 0 Å². The number of nitrogens with one attached hydrogen (secondary N) is 1. The third-order valence-corrected chi connectivity index (χ3v) is 3.19. The standard InChI is InChI=1S/C11H22N2O3/c1-11(10(14)15,5-7-16-3)12-9-4-6-13(2)8-9/h9,12H,4-8H2,1-3H3,(H,14,15). The SMILES string of the molecule is COCCC(C)(NC1CCN(C)C1)C(=O)O. The summed E-state index contributed by atoms with van der Waals surface area (Å²) in [6, 6.07) is 0.267. The molecule has 1 rings (SSSR count). The van der Waals surface area contributed by atoms with Gasteiger partial charge in [0, 0.05) is 26.3 Å². The fraction of sp³-hybridized carbons (Fsp3) is 0.909. The van der Waals surface area contributed by atoms with Gasteiger partial charge in [-0.25, -0.2) is 0 Å². The van der Waals surface area contributed by atoms with Gasteiger partial charge in [0.05, 0.1) is 0 Å². The molecule has 5 heteroatoms. The van der Waals surface area contributed by atoms with Crippen molar-refractivity contribution in [1.82, 2.24) is 10.2 Å². The van der Waals surface area contributed by atoms with Crippen molar-refractivity contribution < 1.29 is 14.6 Å². The second-order valence-electron chi connectivity index (χ2n) is 4.77. The predicted molar refractivity (Wildman–Crippen MR) is 61.6 cm³/mol. The van der Waals surface area contributed by atoms with Crippen LogP contribution in [0.25, 0.3) is 0 Å². The Balaban J connectivity index is 2.53. The number of rotatable bonds is 6. The third kappa shape index (κ3) is 3.43. The van der Waals surface area contributed by atoms with E-state index in [1.807, 2.05) is 0 Å². The van der Waals surface area contributed by atoms with Gasteiger partial charge in [-0.05, 0) is 33.4 Å². The zero-order chi connectivity index (χ0) is 12.2. The average molecular weight is 230 g/mol. The summed E-state index contributed by atoms with van der Waals surface area (Å²) < 4.78 is 4.96. The molecule has 1 aliphatic heterocycles. The van der Waals surface area contributed by atoms with Crippen molar-refractivity contribution in [3.05, 3.63) is 0 Å². The number of carboxylic acids is 1. The van der Waals surface area contributed by atoms with Crippen LogP contribution >= 0.6 is 0 Å². The van der Waals surface area contributed by atoms with Crippen molar-refractivity contribution in [3.8, 4) is 0 Å². The molecule has 0 amide bonds. The lowest BCUT2D eigenvalue weighted by Crippen LogP contribution is -2.55. The minimum absolute atomic E-state index is 0.267. The van der Waals surface area contributed by atoms with E-state index in [-0.39, 0.29) is 6.04 Å². The average Bonchev–Trinajstić information content (AvgIpc) is 2.60. The molecular weight excluding hydrogens is 208 g/mol. The van der Waals surface area contributed by atoms with Gasteiger partial charge in [-0.3, -0.25) is 10.1 Å². The molecule has 1 fully saturated rings. The number of methoxy groups -OCH3 is 1. The fourth-order valence-electron chi connectivity index (χ4n) is 2.05. The van der Waals surface area contributed by atoms with Crippen LogP contribution in [-0.4, -0.2) is 61.4 Å². The van der Waals surface area contributed by atoms with E-state index >= 15 is 0 Å². The summed E-state index contributed by atoms with van der Waals surface area (Å²) in [4.78, 5) is 13.5. The van der Waals surface area contributed by atoms with Crippen LogP contribution in [0.4, 0.5) is 0 Å². The van der Waals surface area contributed by atoms with Crippen molar-refractivity contribution in [2.24, 2.45) is 0 Å².